The molecule has 0 aromatic carbocycles. The minimum Gasteiger partial charge on any atom is -0.481 e. The van der Waals surface area contributed by atoms with Crippen molar-refractivity contribution in [3.63, 3.8) is 0 Å². The Morgan fingerprint density at radius 3 is 2.92 bits per heavy atom. The number of nitrogens with one attached hydrogen (secondary N) is 2. The number of ether oxygens (including phenoxy) is 1. The highest BCUT2D eigenvalue weighted by Gasteiger charge is 2.18. The first-order valence-electron chi connectivity index (χ1n) is 7.82. The standard InChI is InChI=1S/C16H20N6O2/c1-24-14-9-13(15(23)19-11-12-3-2-4-18-10-12)20-16(21-14)22-7-5-17-6-8-22/h2-4,9-10,17H,5-8,11H2,1H3,(H,19,23). The predicted molar refractivity (Wildman–Crippen MR) is 89.1 cm³/mol. The van der Waals surface area contributed by atoms with Gasteiger partial charge in [-0.2, -0.15) is 4.98 Å². The predicted octanol–water partition coefficient (Wildman–Crippen LogP) is 0.220. The fourth-order valence-corrected chi connectivity index (χ4v) is 2.42. The van der Waals surface area contributed by atoms with Crippen molar-refractivity contribution < 1.29 is 9.53 Å². The van der Waals surface area contributed by atoms with E-state index in [0.29, 0.717) is 24.1 Å². The van der Waals surface area contributed by atoms with Crippen molar-refractivity contribution in [1.82, 2.24) is 25.6 Å². The van der Waals surface area contributed by atoms with Crippen molar-refractivity contribution in [2.75, 3.05) is 38.2 Å². The Kier molecular flexibility index (Phi) is 5.17. The van der Waals surface area contributed by atoms with E-state index in [1.165, 1.54) is 7.11 Å². The highest BCUT2D eigenvalue weighted by atomic mass is 16.5. The third-order valence-corrected chi connectivity index (χ3v) is 3.71. The van der Waals surface area contributed by atoms with Crippen LogP contribution in [0, 0.1) is 0 Å². The minimum absolute atomic E-state index is 0.268. The fraction of sp³-hybridized carbons (Fsp3) is 0.375. The normalized spacial score (nSPS) is 14.3. The van der Waals surface area contributed by atoms with Crippen LogP contribution in [0.5, 0.6) is 5.88 Å². The van der Waals surface area contributed by atoms with Crippen LogP contribution in [0.3, 0.4) is 0 Å². The van der Waals surface area contributed by atoms with Crippen LogP contribution in [0.25, 0.3) is 0 Å². The number of aromatic nitrogens is 3. The summed E-state index contributed by atoms with van der Waals surface area (Å²) in [6.07, 6.45) is 3.41. The van der Waals surface area contributed by atoms with Crippen molar-refractivity contribution in [3.8, 4) is 5.88 Å². The van der Waals surface area contributed by atoms with Crippen LogP contribution < -0.4 is 20.3 Å². The van der Waals surface area contributed by atoms with Crippen molar-refractivity contribution in [3.05, 3.63) is 41.9 Å². The molecule has 1 amide bonds. The number of methoxy groups -OCH3 is 1. The molecule has 0 unspecified atom stereocenters. The van der Waals surface area contributed by atoms with E-state index in [2.05, 4.69) is 25.6 Å². The van der Waals surface area contributed by atoms with Crippen LogP contribution >= 0.6 is 0 Å². The lowest BCUT2D eigenvalue weighted by Gasteiger charge is -2.27. The van der Waals surface area contributed by atoms with E-state index < -0.39 is 0 Å². The van der Waals surface area contributed by atoms with Gasteiger partial charge < -0.3 is 20.3 Å². The van der Waals surface area contributed by atoms with Crippen LogP contribution in [0.1, 0.15) is 16.1 Å². The highest BCUT2D eigenvalue weighted by Crippen LogP contribution is 2.16. The summed E-state index contributed by atoms with van der Waals surface area (Å²) in [7, 11) is 1.53. The lowest BCUT2D eigenvalue weighted by Crippen LogP contribution is -2.44. The van der Waals surface area contributed by atoms with Crippen LogP contribution in [-0.4, -0.2) is 54.1 Å². The van der Waals surface area contributed by atoms with E-state index in [4.69, 9.17) is 4.74 Å². The first-order chi connectivity index (χ1) is 11.8. The summed E-state index contributed by atoms with van der Waals surface area (Å²) in [5, 5.41) is 6.12. The molecule has 8 heteroatoms. The number of carbonyl (C=O) groups excluding carboxylic acids is 1. The first-order valence-corrected chi connectivity index (χ1v) is 7.82. The van der Waals surface area contributed by atoms with E-state index >= 15 is 0 Å². The van der Waals surface area contributed by atoms with Crippen LogP contribution in [0.2, 0.25) is 0 Å². The van der Waals surface area contributed by atoms with E-state index in [1.807, 2.05) is 17.0 Å². The Morgan fingerprint density at radius 2 is 2.21 bits per heavy atom. The van der Waals surface area contributed by atoms with Crippen LogP contribution in [0.15, 0.2) is 30.6 Å². The summed E-state index contributed by atoms with van der Waals surface area (Å²) in [5.41, 5.74) is 1.22. The van der Waals surface area contributed by atoms with Gasteiger partial charge in [-0.25, -0.2) is 4.98 Å². The largest absolute Gasteiger partial charge is 0.481 e. The lowest BCUT2D eigenvalue weighted by atomic mass is 10.3. The Morgan fingerprint density at radius 1 is 1.38 bits per heavy atom. The molecule has 0 aliphatic carbocycles. The number of rotatable bonds is 5. The Bertz CT molecular complexity index is 688. The number of carbonyl (C=O) groups is 1. The first kappa shape index (κ1) is 16.1. The zero-order chi connectivity index (χ0) is 16.8. The SMILES string of the molecule is COc1cc(C(=O)NCc2cccnc2)nc(N2CCNCC2)n1. The van der Waals surface area contributed by atoms with Gasteiger partial charge in [0, 0.05) is 51.2 Å². The molecule has 2 aromatic heterocycles. The molecule has 2 aromatic rings. The highest BCUT2D eigenvalue weighted by molar-refractivity contribution is 5.92. The maximum atomic E-state index is 12.4. The van der Waals surface area contributed by atoms with Gasteiger partial charge in [-0.05, 0) is 11.6 Å². The molecular weight excluding hydrogens is 308 g/mol. The van der Waals surface area contributed by atoms with Crippen LogP contribution in [-0.2, 0) is 6.54 Å². The molecule has 0 atom stereocenters. The number of pyridine rings is 1. The molecular formula is C16H20N6O2. The van der Waals surface area contributed by atoms with Gasteiger partial charge in [-0.1, -0.05) is 6.07 Å². The topological polar surface area (TPSA) is 92.3 Å². The molecule has 8 nitrogen and oxygen atoms in total. The van der Waals surface area contributed by atoms with Gasteiger partial charge in [0.2, 0.25) is 11.8 Å². The molecule has 0 spiro atoms. The third-order valence-electron chi connectivity index (χ3n) is 3.71. The number of hydrogen-bond acceptors (Lipinski definition) is 7. The number of piperazine rings is 1. The van der Waals surface area contributed by atoms with Crippen molar-refractivity contribution in [1.29, 1.82) is 0 Å². The van der Waals surface area contributed by atoms with Crippen molar-refractivity contribution >= 4 is 11.9 Å². The summed E-state index contributed by atoms with van der Waals surface area (Å²) in [4.78, 5) is 27.2. The van der Waals surface area contributed by atoms with Gasteiger partial charge in [0.05, 0.1) is 7.11 Å². The summed E-state index contributed by atoms with van der Waals surface area (Å²) in [6, 6.07) is 5.28. The smallest absolute Gasteiger partial charge is 0.270 e. The van der Waals surface area contributed by atoms with Gasteiger partial charge in [0.25, 0.3) is 5.91 Å². The summed E-state index contributed by atoms with van der Waals surface area (Å²) < 4.78 is 5.22. The van der Waals surface area contributed by atoms with E-state index in [-0.39, 0.29) is 5.91 Å². The number of amides is 1. The number of nitrogens with zero attached hydrogens (tertiary/aromatic N) is 4. The Balaban J connectivity index is 1.74. The summed E-state index contributed by atoms with van der Waals surface area (Å²) in [6.45, 7) is 3.71. The van der Waals surface area contributed by atoms with E-state index in [1.54, 1.807) is 18.5 Å². The average molecular weight is 328 g/mol. The Labute approximate surface area is 140 Å². The molecule has 3 heterocycles. The average Bonchev–Trinajstić information content (AvgIpc) is 2.67. The number of hydrogen-bond donors (Lipinski definition) is 2. The second-order valence-electron chi connectivity index (χ2n) is 5.38. The molecule has 1 aliphatic heterocycles. The number of anilines is 1. The van der Waals surface area contributed by atoms with E-state index in [9.17, 15) is 4.79 Å². The molecule has 1 fully saturated rings. The quantitative estimate of drug-likeness (QED) is 0.811. The van der Waals surface area contributed by atoms with E-state index in [0.717, 1.165) is 31.7 Å². The fourth-order valence-electron chi connectivity index (χ4n) is 2.42. The summed E-state index contributed by atoms with van der Waals surface area (Å²) in [5.74, 6) is 0.628. The van der Waals surface area contributed by atoms with Crippen LogP contribution in [0.4, 0.5) is 5.95 Å². The zero-order valence-corrected chi connectivity index (χ0v) is 13.5. The minimum atomic E-state index is -0.268. The molecule has 1 aliphatic rings. The van der Waals surface area contributed by atoms with Gasteiger partial charge >= 0.3 is 0 Å². The molecule has 24 heavy (non-hydrogen) atoms. The third kappa shape index (κ3) is 3.96. The molecule has 1 saturated heterocycles. The molecule has 2 N–H and O–H groups in total. The molecule has 3 rings (SSSR count). The van der Waals surface area contributed by atoms with Gasteiger partial charge in [0.15, 0.2) is 0 Å². The molecule has 0 saturated carbocycles. The maximum Gasteiger partial charge on any atom is 0.270 e. The maximum absolute atomic E-state index is 12.4. The summed E-state index contributed by atoms with van der Waals surface area (Å²) >= 11 is 0. The second kappa shape index (κ2) is 7.69. The van der Waals surface area contributed by atoms with Crippen molar-refractivity contribution in [2.45, 2.75) is 6.54 Å². The lowest BCUT2D eigenvalue weighted by molar-refractivity contribution is 0.0945. The monoisotopic (exact) mass is 328 g/mol. The Hall–Kier alpha value is -2.74. The molecule has 126 valence electrons. The van der Waals surface area contributed by atoms with Gasteiger partial charge in [-0.15, -0.1) is 0 Å². The van der Waals surface area contributed by atoms with Crippen molar-refractivity contribution in [2.24, 2.45) is 0 Å². The van der Waals surface area contributed by atoms with Gasteiger partial charge in [0.1, 0.15) is 5.69 Å². The second-order valence-corrected chi connectivity index (χ2v) is 5.38. The molecule has 0 radical (unpaired) electrons. The molecule has 0 bridgehead atoms. The zero-order valence-electron chi connectivity index (χ0n) is 13.5. The van der Waals surface area contributed by atoms with Gasteiger partial charge in [-0.3, -0.25) is 9.78 Å².